The van der Waals surface area contributed by atoms with Crippen LogP contribution in [0.1, 0.15) is 53.2 Å². The van der Waals surface area contributed by atoms with E-state index in [1.807, 2.05) is 0 Å². The average Bonchev–Trinajstić information content (AvgIpc) is 3.33. The standard InChI is InChI=1S/C20H26N6O2S/c1-13-4-2-5-14-15(13)16-18-23-17(24-26(18)12-22-20(16)29-14)19(27)21-6-3-7-25-8-10-28-11-9-25/h12-13H,2-11H2,1H3,(H,21,27)/p+1/t13-/m0/s1. The van der Waals surface area contributed by atoms with Gasteiger partial charge >= 0.3 is 0 Å². The summed E-state index contributed by atoms with van der Waals surface area (Å²) >= 11 is 1.76. The molecule has 29 heavy (non-hydrogen) atoms. The second kappa shape index (κ2) is 7.97. The van der Waals surface area contributed by atoms with E-state index in [2.05, 4.69) is 27.3 Å². The molecule has 1 amide bonds. The largest absolute Gasteiger partial charge is 0.370 e. The molecule has 2 N–H and O–H groups in total. The second-order valence-electron chi connectivity index (χ2n) is 8.08. The molecule has 0 aromatic carbocycles. The van der Waals surface area contributed by atoms with Crippen LogP contribution >= 0.6 is 11.3 Å². The Kier molecular flexibility index (Phi) is 5.19. The highest BCUT2D eigenvalue weighted by Crippen LogP contribution is 2.42. The summed E-state index contributed by atoms with van der Waals surface area (Å²) in [4.78, 5) is 25.8. The maximum absolute atomic E-state index is 12.6. The molecule has 1 aliphatic carbocycles. The molecule has 9 heteroatoms. The van der Waals surface area contributed by atoms with E-state index < -0.39 is 0 Å². The summed E-state index contributed by atoms with van der Waals surface area (Å²) in [5, 5.41) is 8.46. The van der Waals surface area contributed by atoms with Gasteiger partial charge in [0.05, 0.1) is 25.1 Å². The fraction of sp³-hybridized carbons (Fsp3) is 0.600. The van der Waals surface area contributed by atoms with Crippen molar-refractivity contribution >= 4 is 33.1 Å². The third kappa shape index (κ3) is 3.62. The summed E-state index contributed by atoms with van der Waals surface area (Å²) < 4.78 is 7.04. The zero-order valence-corrected chi connectivity index (χ0v) is 17.6. The molecule has 0 saturated carbocycles. The van der Waals surface area contributed by atoms with Gasteiger partial charge in [0.15, 0.2) is 5.65 Å². The molecule has 3 aromatic heterocycles. The van der Waals surface area contributed by atoms with Crippen LogP contribution in [-0.4, -0.2) is 64.9 Å². The number of quaternary nitrogens is 1. The normalized spacial score (nSPS) is 20.2. The van der Waals surface area contributed by atoms with E-state index in [0.717, 1.165) is 61.6 Å². The van der Waals surface area contributed by atoms with Crippen molar-refractivity contribution in [2.75, 3.05) is 39.4 Å². The Hall–Kier alpha value is -2.10. The van der Waals surface area contributed by atoms with Crippen LogP contribution in [0.15, 0.2) is 6.33 Å². The van der Waals surface area contributed by atoms with Crippen molar-refractivity contribution in [3.8, 4) is 0 Å². The zero-order chi connectivity index (χ0) is 19.8. The minimum absolute atomic E-state index is 0.212. The number of fused-ring (bicyclic) bond motifs is 5. The lowest BCUT2D eigenvalue weighted by molar-refractivity contribution is -0.908. The topological polar surface area (TPSA) is 85.9 Å². The molecule has 5 rings (SSSR count). The summed E-state index contributed by atoms with van der Waals surface area (Å²) in [7, 11) is 0. The van der Waals surface area contributed by atoms with Crippen molar-refractivity contribution < 1.29 is 14.4 Å². The molecule has 3 aromatic rings. The van der Waals surface area contributed by atoms with E-state index in [4.69, 9.17) is 4.74 Å². The highest BCUT2D eigenvalue weighted by Gasteiger charge is 2.26. The number of morpholine rings is 1. The molecule has 2 aliphatic rings. The van der Waals surface area contributed by atoms with Crippen molar-refractivity contribution in [2.45, 2.75) is 38.5 Å². The van der Waals surface area contributed by atoms with Crippen molar-refractivity contribution in [3.05, 3.63) is 22.6 Å². The Morgan fingerprint density at radius 2 is 2.28 bits per heavy atom. The van der Waals surface area contributed by atoms with Gasteiger partial charge in [0, 0.05) is 17.8 Å². The van der Waals surface area contributed by atoms with Crippen molar-refractivity contribution in [2.24, 2.45) is 0 Å². The Balaban J connectivity index is 1.32. The summed E-state index contributed by atoms with van der Waals surface area (Å²) in [6.45, 7) is 7.72. The molecule has 1 saturated heterocycles. The summed E-state index contributed by atoms with van der Waals surface area (Å²) in [5.74, 6) is 0.509. The molecule has 0 unspecified atom stereocenters. The highest BCUT2D eigenvalue weighted by atomic mass is 32.1. The van der Waals surface area contributed by atoms with Crippen LogP contribution in [0.5, 0.6) is 0 Å². The van der Waals surface area contributed by atoms with Crippen LogP contribution in [0.3, 0.4) is 0 Å². The van der Waals surface area contributed by atoms with Gasteiger partial charge in [-0.25, -0.2) is 14.5 Å². The number of aromatic nitrogens is 4. The Bertz CT molecular complexity index is 1040. The number of hydrogen-bond donors (Lipinski definition) is 2. The summed E-state index contributed by atoms with van der Waals surface area (Å²) in [6.07, 6.45) is 6.14. The lowest BCUT2D eigenvalue weighted by Gasteiger charge is -2.23. The molecule has 4 heterocycles. The van der Waals surface area contributed by atoms with Gasteiger partial charge < -0.3 is 15.0 Å². The number of rotatable bonds is 5. The van der Waals surface area contributed by atoms with Gasteiger partial charge in [-0.2, -0.15) is 0 Å². The molecule has 1 aliphatic heterocycles. The molecule has 1 fully saturated rings. The van der Waals surface area contributed by atoms with Gasteiger partial charge in [-0.15, -0.1) is 16.4 Å². The van der Waals surface area contributed by atoms with E-state index in [-0.39, 0.29) is 11.7 Å². The molecule has 0 bridgehead atoms. The van der Waals surface area contributed by atoms with E-state index in [1.165, 1.54) is 23.3 Å². The lowest BCUT2D eigenvalue weighted by atomic mass is 9.87. The zero-order valence-electron chi connectivity index (χ0n) is 16.7. The SMILES string of the molecule is C[C@H]1CCCc2sc3ncn4nc(C(=O)NCCC[NH+]5CCOCC5)nc4c3c21. The number of carbonyl (C=O) groups excluding carboxylic acids is 1. The maximum Gasteiger partial charge on any atom is 0.290 e. The quantitative estimate of drug-likeness (QED) is 0.603. The van der Waals surface area contributed by atoms with E-state index in [0.29, 0.717) is 12.5 Å². The van der Waals surface area contributed by atoms with Crippen LogP contribution < -0.4 is 10.2 Å². The predicted octanol–water partition coefficient (Wildman–Crippen LogP) is 0.814. The molecular weight excluding hydrogens is 388 g/mol. The number of thiophene rings is 1. The smallest absolute Gasteiger partial charge is 0.290 e. The molecule has 154 valence electrons. The number of ether oxygens (including phenoxy) is 1. The van der Waals surface area contributed by atoms with E-state index in [9.17, 15) is 4.79 Å². The number of carbonyl (C=O) groups is 1. The second-order valence-corrected chi connectivity index (χ2v) is 9.17. The molecule has 0 spiro atoms. The van der Waals surface area contributed by atoms with Gasteiger partial charge in [-0.3, -0.25) is 4.79 Å². The predicted molar refractivity (Wildman–Crippen MR) is 111 cm³/mol. The number of nitrogens with one attached hydrogen (secondary N) is 2. The van der Waals surface area contributed by atoms with Gasteiger partial charge in [0.1, 0.15) is 24.2 Å². The van der Waals surface area contributed by atoms with Crippen molar-refractivity contribution in [1.82, 2.24) is 24.9 Å². The summed E-state index contributed by atoms with van der Waals surface area (Å²) in [6, 6.07) is 0. The molecule has 8 nitrogen and oxygen atoms in total. The van der Waals surface area contributed by atoms with Crippen LogP contribution in [0.4, 0.5) is 0 Å². The fourth-order valence-electron chi connectivity index (χ4n) is 4.51. The first-order valence-electron chi connectivity index (χ1n) is 10.6. The van der Waals surface area contributed by atoms with Crippen LogP contribution in [0, 0.1) is 0 Å². The average molecular weight is 416 g/mol. The third-order valence-corrected chi connectivity index (χ3v) is 7.25. The Morgan fingerprint density at radius 1 is 1.41 bits per heavy atom. The molecule has 1 atom stereocenters. The fourth-order valence-corrected chi connectivity index (χ4v) is 5.81. The highest BCUT2D eigenvalue weighted by molar-refractivity contribution is 7.19. The number of aryl methyl sites for hydroxylation is 1. The first-order chi connectivity index (χ1) is 14.2. The number of amides is 1. The molecular formula is C20H27N6O2S+. The third-order valence-electron chi connectivity index (χ3n) is 6.07. The monoisotopic (exact) mass is 415 g/mol. The summed E-state index contributed by atoms with van der Waals surface area (Å²) in [5.41, 5.74) is 2.12. The number of nitrogens with zero attached hydrogens (tertiary/aromatic N) is 4. The minimum Gasteiger partial charge on any atom is -0.370 e. The number of hydrogen-bond acceptors (Lipinski definition) is 6. The first-order valence-corrected chi connectivity index (χ1v) is 11.4. The van der Waals surface area contributed by atoms with Gasteiger partial charge in [0.25, 0.3) is 5.91 Å². The van der Waals surface area contributed by atoms with Crippen molar-refractivity contribution in [3.63, 3.8) is 0 Å². The maximum atomic E-state index is 12.6. The van der Waals surface area contributed by atoms with Crippen LogP contribution in [0.25, 0.3) is 15.9 Å². The van der Waals surface area contributed by atoms with Gasteiger partial charge in [-0.05, 0) is 30.7 Å². The Labute approximate surface area is 173 Å². The van der Waals surface area contributed by atoms with E-state index >= 15 is 0 Å². The first kappa shape index (κ1) is 18.9. The van der Waals surface area contributed by atoms with Crippen LogP contribution in [-0.2, 0) is 11.2 Å². The minimum atomic E-state index is -0.212. The molecule has 0 radical (unpaired) electrons. The van der Waals surface area contributed by atoms with Crippen molar-refractivity contribution in [1.29, 1.82) is 0 Å². The van der Waals surface area contributed by atoms with Gasteiger partial charge in [-0.1, -0.05) is 6.92 Å². The van der Waals surface area contributed by atoms with Crippen LogP contribution in [0.2, 0.25) is 0 Å². The van der Waals surface area contributed by atoms with E-state index in [1.54, 1.807) is 27.1 Å². The lowest BCUT2D eigenvalue weighted by Crippen LogP contribution is -3.14. The Morgan fingerprint density at radius 3 is 3.14 bits per heavy atom. The van der Waals surface area contributed by atoms with Gasteiger partial charge in [0.2, 0.25) is 5.82 Å².